The van der Waals surface area contributed by atoms with Crippen LogP contribution in [-0.4, -0.2) is 0 Å². The Labute approximate surface area is 86.1 Å². The third-order valence-electron chi connectivity index (χ3n) is 2.00. The Hall–Kier alpha value is -0.920. The monoisotopic (exact) mass is 211 g/mol. The molecule has 0 unspecified atom stereocenters. The van der Waals surface area contributed by atoms with Crippen molar-refractivity contribution in [2.75, 3.05) is 5.73 Å². The van der Waals surface area contributed by atoms with Crippen LogP contribution in [0.5, 0.6) is 0 Å². The Bertz CT molecular complexity index is 466. The van der Waals surface area contributed by atoms with Gasteiger partial charge in [-0.15, -0.1) is 0 Å². The average Bonchev–Trinajstić information content (AvgIpc) is 2.12. The third kappa shape index (κ3) is 1.34. The molecule has 0 aliphatic heterocycles. The molecule has 0 saturated carbocycles. The minimum Gasteiger partial charge on any atom is -0.397 e. The van der Waals surface area contributed by atoms with Crippen LogP contribution in [0.25, 0.3) is 10.8 Å². The molecule has 0 radical (unpaired) electrons. The lowest BCUT2D eigenvalue weighted by Crippen LogP contribution is -1.88. The molecule has 0 spiro atoms. The first-order valence-corrected chi connectivity index (χ1v) is 4.58. The second kappa shape index (κ2) is 3.09. The third-order valence-corrected chi connectivity index (χ3v) is 2.66. The zero-order valence-electron chi connectivity index (χ0n) is 6.72. The Balaban J connectivity index is 2.94. The van der Waals surface area contributed by atoms with Gasteiger partial charge in [-0.1, -0.05) is 41.4 Å². The zero-order chi connectivity index (χ0) is 9.42. The maximum atomic E-state index is 5.98. The fourth-order valence-corrected chi connectivity index (χ4v) is 1.72. The summed E-state index contributed by atoms with van der Waals surface area (Å²) >= 11 is 11.9. The number of halogens is 2. The van der Waals surface area contributed by atoms with Gasteiger partial charge in [-0.2, -0.15) is 0 Å². The van der Waals surface area contributed by atoms with Gasteiger partial charge in [0.1, 0.15) is 0 Å². The highest BCUT2D eigenvalue weighted by Crippen LogP contribution is 2.32. The normalized spacial score (nSPS) is 10.6. The molecule has 0 bridgehead atoms. The van der Waals surface area contributed by atoms with Gasteiger partial charge < -0.3 is 5.73 Å². The lowest BCUT2D eigenvalue weighted by atomic mass is 10.1. The predicted molar refractivity (Wildman–Crippen MR) is 58.4 cm³/mol. The molecule has 0 aliphatic carbocycles. The highest BCUT2D eigenvalue weighted by molar-refractivity contribution is 6.38. The van der Waals surface area contributed by atoms with Gasteiger partial charge in [0.15, 0.2) is 0 Å². The van der Waals surface area contributed by atoms with E-state index in [1.165, 1.54) is 0 Å². The lowest BCUT2D eigenvalue weighted by molar-refractivity contribution is 1.72. The van der Waals surface area contributed by atoms with Crippen molar-refractivity contribution in [3.63, 3.8) is 0 Å². The molecule has 0 saturated heterocycles. The Morgan fingerprint density at radius 1 is 0.846 bits per heavy atom. The van der Waals surface area contributed by atoms with Gasteiger partial charge in [0.2, 0.25) is 0 Å². The number of hydrogen-bond acceptors (Lipinski definition) is 1. The Morgan fingerprint density at radius 3 is 2.38 bits per heavy atom. The molecule has 2 aromatic carbocycles. The molecule has 0 heterocycles. The van der Waals surface area contributed by atoms with Crippen molar-refractivity contribution in [1.29, 1.82) is 0 Å². The van der Waals surface area contributed by atoms with Gasteiger partial charge in [0.25, 0.3) is 0 Å². The molecule has 0 fully saturated rings. The van der Waals surface area contributed by atoms with E-state index in [1.807, 2.05) is 24.3 Å². The van der Waals surface area contributed by atoms with Gasteiger partial charge in [-0.05, 0) is 12.1 Å². The fraction of sp³-hybridized carbons (Fsp3) is 0. The Morgan fingerprint density at radius 2 is 1.62 bits per heavy atom. The molecule has 13 heavy (non-hydrogen) atoms. The van der Waals surface area contributed by atoms with Gasteiger partial charge in [0, 0.05) is 15.8 Å². The van der Waals surface area contributed by atoms with E-state index in [2.05, 4.69) is 0 Å². The maximum absolute atomic E-state index is 5.98. The van der Waals surface area contributed by atoms with Crippen LogP contribution in [0, 0.1) is 0 Å². The Kier molecular flexibility index (Phi) is 2.06. The fourth-order valence-electron chi connectivity index (χ4n) is 1.32. The first-order chi connectivity index (χ1) is 6.20. The predicted octanol–water partition coefficient (Wildman–Crippen LogP) is 3.73. The summed E-state index contributed by atoms with van der Waals surface area (Å²) in [4.78, 5) is 0. The van der Waals surface area contributed by atoms with E-state index in [0.29, 0.717) is 15.7 Å². The molecule has 66 valence electrons. The molecule has 0 amide bonds. The van der Waals surface area contributed by atoms with Crippen LogP contribution in [0.2, 0.25) is 10.0 Å². The van der Waals surface area contributed by atoms with Crippen LogP contribution in [0.4, 0.5) is 5.69 Å². The van der Waals surface area contributed by atoms with E-state index >= 15 is 0 Å². The molecular formula is C10H7Cl2N. The van der Waals surface area contributed by atoms with E-state index in [0.717, 1.165) is 10.8 Å². The molecule has 0 aromatic heterocycles. The summed E-state index contributed by atoms with van der Waals surface area (Å²) in [6.07, 6.45) is 0. The summed E-state index contributed by atoms with van der Waals surface area (Å²) < 4.78 is 0. The van der Waals surface area contributed by atoms with E-state index < -0.39 is 0 Å². The number of hydrogen-bond donors (Lipinski definition) is 1. The van der Waals surface area contributed by atoms with Crippen molar-refractivity contribution in [3.05, 3.63) is 40.4 Å². The van der Waals surface area contributed by atoms with Crippen molar-refractivity contribution in [1.82, 2.24) is 0 Å². The number of rotatable bonds is 0. The summed E-state index contributed by atoms with van der Waals surface area (Å²) in [5, 5.41) is 3.10. The second-order valence-corrected chi connectivity index (χ2v) is 3.61. The SMILES string of the molecule is Nc1c(Cl)ccc2c(Cl)cccc12. The number of anilines is 1. The van der Waals surface area contributed by atoms with Gasteiger partial charge >= 0.3 is 0 Å². The number of benzene rings is 2. The minimum atomic E-state index is 0.565. The average molecular weight is 212 g/mol. The molecule has 0 atom stereocenters. The van der Waals surface area contributed by atoms with E-state index in [9.17, 15) is 0 Å². The van der Waals surface area contributed by atoms with Gasteiger partial charge in [-0.25, -0.2) is 0 Å². The summed E-state index contributed by atoms with van der Waals surface area (Å²) in [6, 6.07) is 9.22. The molecule has 2 N–H and O–H groups in total. The molecule has 0 aliphatic rings. The van der Waals surface area contributed by atoms with Crippen molar-refractivity contribution < 1.29 is 0 Å². The van der Waals surface area contributed by atoms with E-state index in [1.54, 1.807) is 6.07 Å². The summed E-state index contributed by atoms with van der Waals surface area (Å²) in [7, 11) is 0. The van der Waals surface area contributed by atoms with Crippen LogP contribution >= 0.6 is 23.2 Å². The van der Waals surface area contributed by atoms with Crippen LogP contribution in [0.1, 0.15) is 0 Å². The van der Waals surface area contributed by atoms with Gasteiger partial charge in [0.05, 0.1) is 10.7 Å². The van der Waals surface area contributed by atoms with Crippen LogP contribution in [0.3, 0.4) is 0 Å². The zero-order valence-corrected chi connectivity index (χ0v) is 8.23. The highest BCUT2D eigenvalue weighted by atomic mass is 35.5. The first kappa shape index (κ1) is 8.67. The number of nitrogens with two attached hydrogens (primary N) is 1. The van der Waals surface area contributed by atoms with Crippen LogP contribution < -0.4 is 5.73 Å². The quantitative estimate of drug-likeness (QED) is 0.661. The molecule has 3 heteroatoms. The highest BCUT2D eigenvalue weighted by Gasteiger charge is 2.03. The number of nitrogen functional groups attached to an aromatic ring is 1. The molecule has 1 nitrogen and oxygen atoms in total. The van der Waals surface area contributed by atoms with Crippen molar-refractivity contribution in [3.8, 4) is 0 Å². The van der Waals surface area contributed by atoms with Crippen LogP contribution in [-0.2, 0) is 0 Å². The van der Waals surface area contributed by atoms with Crippen LogP contribution in [0.15, 0.2) is 30.3 Å². The second-order valence-electron chi connectivity index (χ2n) is 2.80. The topological polar surface area (TPSA) is 26.0 Å². The minimum absolute atomic E-state index is 0.565. The van der Waals surface area contributed by atoms with Crippen molar-refractivity contribution in [2.24, 2.45) is 0 Å². The lowest BCUT2D eigenvalue weighted by Gasteiger charge is -2.04. The number of fused-ring (bicyclic) bond motifs is 1. The van der Waals surface area contributed by atoms with E-state index in [-0.39, 0.29) is 0 Å². The summed E-state index contributed by atoms with van der Waals surface area (Å²) in [6.45, 7) is 0. The molecule has 2 rings (SSSR count). The molecular weight excluding hydrogens is 205 g/mol. The largest absolute Gasteiger partial charge is 0.397 e. The summed E-state index contributed by atoms with van der Waals surface area (Å²) in [5.41, 5.74) is 6.38. The first-order valence-electron chi connectivity index (χ1n) is 3.82. The van der Waals surface area contributed by atoms with Crippen molar-refractivity contribution in [2.45, 2.75) is 0 Å². The van der Waals surface area contributed by atoms with E-state index in [4.69, 9.17) is 28.9 Å². The summed E-state index contributed by atoms with van der Waals surface area (Å²) in [5.74, 6) is 0. The standard InChI is InChI=1S/C10H7Cl2N/c11-8-3-1-2-7-6(8)4-5-9(12)10(7)13/h1-5H,13H2. The van der Waals surface area contributed by atoms with Gasteiger partial charge in [-0.3, -0.25) is 0 Å². The van der Waals surface area contributed by atoms with Crippen molar-refractivity contribution >= 4 is 39.7 Å². The molecule has 2 aromatic rings. The smallest absolute Gasteiger partial charge is 0.0642 e. The maximum Gasteiger partial charge on any atom is 0.0642 e.